The predicted octanol–water partition coefficient (Wildman–Crippen LogP) is 3.31. The highest BCUT2D eigenvalue weighted by atomic mass is 16.3. The summed E-state index contributed by atoms with van der Waals surface area (Å²) < 4.78 is 0. The van der Waals surface area contributed by atoms with E-state index in [1.807, 2.05) is 31.1 Å². The lowest BCUT2D eigenvalue weighted by molar-refractivity contribution is -0.139. The van der Waals surface area contributed by atoms with Crippen LogP contribution >= 0.6 is 0 Å². The highest BCUT2D eigenvalue weighted by Crippen LogP contribution is 2.42. The molecule has 1 fully saturated rings. The number of aromatic hydroxyl groups is 1. The van der Waals surface area contributed by atoms with Gasteiger partial charge >= 0.3 is 0 Å². The number of ketones is 1. The van der Waals surface area contributed by atoms with Crippen LogP contribution in [0.15, 0.2) is 66.5 Å². The van der Waals surface area contributed by atoms with E-state index in [1.165, 1.54) is 4.90 Å². The van der Waals surface area contributed by atoms with Gasteiger partial charge in [0.2, 0.25) is 0 Å². The van der Waals surface area contributed by atoms with Crippen LogP contribution in [0.2, 0.25) is 0 Å². The number of hydrogen-bond donors (Lipinski definition) is 2. The molecular weight excluding hydrogens is 406 g/mol. The standard InChI is InChI=1S/C25H25N3O4/c1-27(2)14-5-15-28-21(17-10-12-26-13-11-17)20(24(31)25(28)32)23(30)19-9-8-16-6-3-4-7-18(16)22(19)29/h3-4,6-13,21,29-30H,5,14-15H2,1-2H3/b23-20+. The summed E-state index contributed by atoms with van der Waals surface area (Å²) in [6.45, 7) is 1.10. The van der Waals surface area contributed by atoms with Gasteiger partial charge in [0, 0.05) is 24.3 Å². The number of fused-ring (bicyclic) bond motifs is 1. The second-order valence-electron chi connectivity index (χ2n) is 8.11. The van der Waals surface area contributed by atoms with E-state index in [2.05, 4.69) is 4.98 Å². The van der Waals surface area contributed by atoms with Crippen molar-refractivity contribution in [1.29, 1.82) is 0 Å². The Morgan fingerprint density at radius 1 is 1.06 bits per heavy atom. The first kappa shape index (κ1) is 21.5. The van der Waals surface area contributed by atoms with Gasteiger partial charge in [-0.1, -0.05) is 30.3 Å². The van der Waals surface area contributed by atoms with Crippen molar-refractivity contribution in [3.63, 3.8) is 0 Å². The zero-order valence-corrected chi connectivity index (χ0v) is 18.0. The van der Waals surface area contributed by atoms with Gasteiger partial charge in [0.15, 0.2) is 0 Å². The van der Waals surface area contributed by atoms with Crippen LogP contribution in [0.4, 0.5) is 0 Å². The minimum atomic E-state index is -0.762. The summed E-state index contributed by atoms with van der Waals surface area (Å²) in [5.74, 6) is -1.94. The average molecular weight is 431 g/mol. The van der Waals surface area contributed by atoms with Crippen LogP contribution in [-0.2, 0) is 9.59 Å². The molecule has 1 aliphatic rings. The number of phenolic OH excluding ortho intramolecular Hbond substituents is 1. The molecule has 0 aliphatic carbocycles. The molecule has 0 spiro atoms. The van der Waals surface area contributed by atoms with Gasteiger partial charge in [-0.2, -0.15) is 0 Å². The molecule has 0 bridgehead atoms. The van der Waals surface area contributed by atoms with Gasteiger partial charge < -0.3 is 20.0 Å². The predicted molar refractivity (Wildman–Crippen MR) is 122 cm³/mol. The molecule has 0 radical (unpaired) electrons. The van der Waals surface area contributed by atoms with Crippen molar-refractivity contribution in [2.75, 3.05) is 27.2 Å². The molecule has 1 aromatic heterocycles. The van der Waals surface area contributed by atoms with Gasteiger partial charge in [-0.25, -0.2) is 0 Å². The van der Waals surface area contributed by atoms with E-state index in [4.69, 9.17) is 0 Å². The minimum Gasteiger partial charge on any atom is -0.507 e. The highest BCUT2D eigenvalue weighted by Gasteiger charge is 2.46. The lowest BCUT2D eigenvalue weighted by atomic mass is 9.94. The van der Waals surface area contributed by atoms with E-state index < -0.39 is 17.7 Å². The summed E-state index contributed by atoms with van der Waals surface area (Å²) in [7, 11) is 3.88. The molecule has 1 amide bonds. The van der Waals surface area contributed by atoms with Crippen LogP contribution in [0, 0.1) is 0 Å². The first-order chi connectivity index (χ1) is 15.4. The molecule has 0 saturated carbocycles. The fourth-order valence-corrected chi connectivity index (χ4v) is 4.15. The van der Waals surface area contributed by atoms with E-state index in [0.717, 1.165) is 11.9 Å². The zero-order chi connectivity index (χ0) is 22.8. The molecule has 2 N–H and O–H groups in total. The first-order valence-electron chi connectivity index (χ1n) is 10.4. The Labute approximate surface area is 186 Å². The molecule has 4 rings (SSSR count). The van der Waals surface area contributed by atoms with Crippen molar-refractivity contribution >= 4 is 28.2 Å². The maximum Gasteiger partial charge on any atom is 0.295 e. The van der Waals surface area contributed by atoms with Crippen LogP contribution in [0.1, 0.15) is 23.6 Å². The molecule has 2 heterocycles. The molecule has 1 aliphatic heterocycles. The van der Waals surface area contributed by atoms with Crippen LogP contribution < -0.4 is 0 Å². The quantitative estimate of drug-likeness (QED) is 0.353. The zero-order valence-electron chi connectivity index (χ0n) is 18.0. The summed E-state index contributed by atoms with van der Waals surface area (Å²) in [6, 6.07) is 13.2. The van der Waals surface area contributed by atoms with Crippen molar-refractivity contribution in [3.8, 4) is 5.75 Å². The van der Waals surface area contributed by atoms with Crippen molar-refractivity contribution in [2.24, 2.45) is 0 Å². The van der Waals surface area contributed by atoms with Gasteiger partial charge in [0.25, 0.3) is 11.7 Å². The Morgan fingerprint density at radius 2 is 1.78 bits per heavy atom. The van der Waals surface area contributed by atoms with Crippen molar-refractivity contribution in [1.82, 2.24) is 14.8 Å². The number of Topliss-reactive ketones (excluding diaryl/α,β-unsaturated/α-hetero) is 1. The summed E-state index contributed by atoms with van der Waals surface area (Å²) in [5.41, 5.74) is 0.761. The molecule has 3 aromatic rings. The van der Waals surface area contributed by atoms with E-state index >= 15 is 0 Å². The Balaban J connectivity index is 1.85. The van der Waals surface area contributed by atoms with Gasteiger partial charge in [-0.15, -0.1) is 0 Å². The summed E-state index contributed by atoms with van der Waals surface area (Å²) >= 11 is 0. The number of pyridine rings is 1. The number of aliphatic hydroxyl groups excluding tert-OH is 1. The molecular formula is C25H25N3O4. The molecule has 2 aromatic carbocycles. The molecule has 32 heavy (non-hydrogen) atoms. The molecule has 1 atom stereocenters. The number of phenols is 1. The number of carbonyl (C=O) groups excluding carboxylic acids is 2. The number of likely N-dealkylation sites (tertiary alicyclic amines) is 1. The highest BCUT2D eigenvalue weighted by molar-refractivity contribution is 6.46. The fraction of sp³-hybridized carbons (Fsp3) is 0.240. The van der Waals surface area contributed by atoms with Gasteiger partial charge in [-0.05, 0) is 56.2 Å². The normalized spacial score (nSPS) is 18.1. The Hall–Kier alpha value is -3.71. The van der Waals surface area contributed by atoms with Crippen molar-refractivity contribution in [3.05, 3.63) is 77.6 Å². The van der Waals surface area contributed by atoms with E-state index in [9.17, 15) is 19.8 Å². The van der Waals surface area contributed by atoms with Crippen LogP contribution in [-0.4, -0.2) is 63.9 Å². The third-order valence-electron chi connectivity index (χ3n) is 5.72. The summed E-state index contributed by atoms with van der Waals surface area (Å²) in [6.07, 6.45) is 3.84. The molecule has 1 unspecified atom stereocenters. The minimum absolute atomic E-state index is 0.0309. The monoisotopic (exact) mass is 431 g/mol. The Morgan fingerprint density at radius 3 is 2.50 bits per heavy atom. The van der Waals surface area contributed by atoms with Gasteiger partial charge in [0.05, 0.1) is 17.2 Å². The summed E-state index contributed by atoms with van der Waals surface area (Å²) in [5, 5.41) is 23.4. The maximum absolute atomic E-state index is 13.1. The molecule has 164 valence electrons. The molecule has 7 nitrogen and oxygen atoms in total. The van der Waals surface area contributed by atoms with Crippen LogP contribution in [0.3, 0.4) is 0 Å². The maximum atomic E-state index is 13.1. The molecule has 7 heteroatoms. The lowest BCUT2D eigenvalue weighted by Gasteiger charge is -2.25. The topological polar surface area (TPSA) is 94.0 Å². The average Bonchev–Trinajstić information content (AvgIpc) is 3.04. The Bertz CT molecular complexity index is 1200. The second kappa shape index (κ2) is 8.80. The molecule has 1 saturated heterocycles. The number of aromatic nitrogens is 1. The second-order valence-corrected chi connectivity index (χ2v) is 8.11. The third-order valence-corrected chi connectivity index (χ3v) is 5.72. The van der Waals surface area contributed by atoms with E-state index in [0.29, 0.717) is 23.9 Å². The van der Waals surface area contributed by atoms with E-state index in [-0.39, 0.29) is 22.6 Å². The van der Waals surface area contributed by atoms with Crippen LogP contribution in [0.5, 0.6) is 5.75 Å². The van der Waals surface area contributed by atoms with Crippen molar-refractivity contribution in [2.45, 2.75) is 12.5 Å². The van der Waals surface area contributed by atoms with Gasteiger partial charge in [-0.3, -0.25) is 14.6 Å². The van der Waals surface area contributed by atoms with E-state index in [1.54, 1.807) is 48.8 Å². The number of carbonyl (C=O) groups is 2. The number of nitrogens with zero attached hydrogens (tertiary/aromatic N) is 3. The number of benzene rings is 2. The van der Waals surface area contributed by atoms with Gasteiger partial charge in [0.1, 0.15) is 11.5 Å². The van der Waals surface area contributed by atoms with Crippen molar-refractivity contribution < 1.29 is 19.8 Å². The fourth-order valence-electron chi connectivity index (χ4n) is 4.15. The number of amides is 1. The smallest absolute Gasteiger partial charge is 0.295 e. The Kier molecular flexibility index (Phi) is 5.92. The largest absolute Gasteiger partial charge is 0.507 e. The number of rotatable bonds is 6. The van der Waals surface area contributed by atoms with Crippen LogP contribution in [0.25, 0.3) is 16.5 Å². The first-order valence-corrected chi connectivity index (χ1v) is 10.4. The number of hydrogen-bond acceptors (Lipinski definition) is 6. The number of aliphatic hydroxyl groups is 1. The lowest BCUT2D eigenvalue weighted by Crippen LogP contribution is -2.32. The third kappa shape index (κ3) is 3.83. The SMILES string of the molecule is CN(C)CCCN1C(=O)C(=O)/C(=C(/O)c2ccc3ccccc3c2O)C1c1ccncc1. The summed E-state index contributed by atoms with van der Waals surface area (Å²) in [4.78, 5) is 33.5.